The van der Waals surface area contributed by atoms with Gasteiger partial charge in [-0.3, -0.25) is 9.69 Å². The van der Waals surface area contributed by atoms with Crippen molar-refractivity contribution < 1.29 is 9.53 Å². The first-order chi connectivity index (χ1) is 9.65. The molecule has 2 rings (SSSR count). The minimum atomic E-state index is -0.822. The molecule has 4 nitrogen and oxygen atoms in total. The maximum atomic E-state index is 12.6. The van der Waals surface area contributed by atoms with Crippen LogP contribution in [-0.2, 0) is 15.1 Å². The number of carbonyl (C=O) groups excluding carboxylic acids is 1. The van der Waals surface area contributed by atoms with Crippen molar-refractivity contribution in [1.82, 2.24) is 4.90 Å². The monoisotopic (exact) mass is 274 g/mol. The fourth-order valence-electron chi connectivity index (χ4n) is 2.42. The molecule has 4 heteroatoms. The van der Waals surface area contributed by atoms with E-state index in [1.54, 1.807) is 7.05 Å². The Hall–Kier alpha value is -1.84. The van der Waals surface area contributed by atoms with E-state index in [1.807, 2.05) is 37.3 Å². The largest absolute Gasteiger partial charge is 0.465 e. The Kier molecular flexibility index (Phi) is 4.42. The lowest BCUT2D eigenvalue weighted by atomic mass is 9.87. The van der Waals surface area contributed by atoms with Gasteiger partial charge in [0.1, 0.15) is 0 Å². The molecule has 1 aromatic carbocycles. The van der Waals surface area contributed by atoms with Gasteiger partial charge in [-0.05, 0) is 18.4 Å². The molecule has 1 atom stereocenters. The van der Waals surface area contributed by atoms with Crippen LogP contribution in [0.3, 0.4) is 0 Å². The predicted octanol–water partition coefficient (Wildman–Crippen LogP) is 2.94. The van der Waals surface area contributed by atoms with Crippen LogP contribution in [0.25, 0.3) is 0 Å². The molecule has 0 saturated carbocycles. The zero-order valence-electron chi connectivity index (χ0n) is 12.4. The van der Waals surface area contributed by atoms with E-state index >= 15 is 0 Å². The molecule has 1 aromatic rings. The Balaban J connectivity index is 2.31. The number of nitrogens with zero attached hydrogens (tertiary/aromatic N) is 2. The number of hydrogen-bond acceptors (Lipinski definition) is 3. The van der Waals surface area contributed by atoms with Gasteiger partial charge in [-0.1, -0.05) is 50.6 Å². The van der Waals surface area contributed by atoms with E-state index in [0.29, 0.717) is 19.0 Å². The molecule has 0 aliphatic carbocycles. The van der Waals surface area contributed by atoms with E-state index in [-0.39, 0.29) is 5.91 Å². The third-order valence-electron chi connectivity index (χ3n) is 3.72. The molecular formula is C16H22N2O2. The highest BCUT2D eigenvalue weighted by Crippen LogP contribution is 2.36. The lowest BCUT2D eigenvalue weighted by Gasteiger charge is -2.23. The number of rotatable bonds is 5. The first-order valence-electron chi connectivity index (χ1n) is 7.22. The highest BCUT2D eigenvalue weighted by atomic mass is 16.5. The van der Waals surface area contributed by atoms with E-state index in [2.05, 4.69) is 11.9 Å². The Bertz CT molecular complexity index is 498. The van der Waals surface area contributed by atoms with Gasteiger partial charge in [0.05, 0.1) is 6.61 Å². The van der Waals surface area contributed by atoms with Crippen LogP contribution in [0.4, 0.5) is 0 Å². The molecule has 0 fully saturated rings. The topological polar surface area (TPSA) is 41.9 Å². The van der Waals surface area contributed by atoms with Crippen molar-refractivity contribution in [3.8, 4) is 0 Å². The van der Waals surface area contributed by atoms with Crippen molar-refractivity contribution in [1.29, 1.82) is 0 Å². The Morgan fingerprint density at radius 2 is 1.95 bits per heavy atom. The average Bonchev–Trinajstić information content (AvgIpc) is 2.74. The van der Waals surface area contributed by atoms with E-state index in [9.17, 15) is 4.79 Å². The molecule has 0 N–H and O–H groups in total. The van der Waals surface area contributed by atoms with E-state index in [0.717, 1.165) is 18.4 Å². The highest BCUT2D eigenvalue weighted by molar-refractivity contribution is 6.05. The quantitative estimate of drug-likeness (QED) is 0.775. The second-order valence-corrected chi connectivity index (χ2v) is 5.04. The number of unbranched alkanes of at least 4 members (excludes halogenated alkanes) is 1. The molecule has 1 unspecified atom stereocenters. The van der Waals surface area contributed by atoms with Gasteiger partial charge in [0.15, 0.2) is 5.54 Å². The predicted molar refractivity (Wildman–Crippen MR) is 79.5 cm³/mol. The maximum absolute atomic E-state index is 12.6. The summed E-state index contributed by atoms with van der Waals surface area (Å²) in [4.78, 5) is 18.8. The normalized spacial score (nSPS) is 22.1. The van der Waals surface area contributed by atoms with Crippen molar-refractivity contribution in [2.24, 2.45) is 4.99 Å². The van der Waals surface area contributed by atoms with Gasteiger partial charge < -0.3 is 4.74 Å². The molecule has 0 spiro atoms. The van der Waals surface area contributed by atoms with Crippen molar-refractivity contribution in [3.05, 3.63) is 35.9 Å². The van der Waals surface area contributed by atoms with Crippen molar-refractivity contribution in [2.75, 3.05) is 13.7 Å². The molecular weight excluding hydrogens is 252 g/mol. The number of hydrogen-bond donors (Lipinski definition) is 0. The number of amidine groups is 1. The fraction of sp³-hybridized carbons (Fsp3) is 0.500. The SMILES string of the molecule is CCCCOC1=NC(CC)(c2ccccc2)C(=O)N1C. The lowest BCUT2D eigenvalue weighted by molar-refractivity contribution is -0.131. The fourth-order valence-corrected chi connectivity index (χ4v) is 2.42. The first-order valence-corrected chi connectivity index (χ1v) is 7.22. The van der Waals surface area contributed by atoms with Gasteiger partial charge in [0.2, 0.25) is 0 Å². The molecule has 0 saturated heterocycles. The second kappa shape index (κ2) is 6.07. The van der Waals surface area contributed by atoms with Crippen LogP contribution in [0.15, 0.2) is 35.3 Å². The van der Waals surface area contributed by atoms with Crippen molar-refractivity contribution >= 4 is 11.9 Å². The van der Waals surface area contributed by atoms with Crippen LogP contribution in [0, 0.1) is 0 Å². The summed E-state index contributed by atoms with van der Waals surface area (Å²) in [7, 11) is 1.73. The van der Waals surface area contributed by atoms with Crippen LogP contribution in [0.1, 0.15) is 38.7 Å². The molecule has 1 amide bonds. The Morgan fingerprint density at radius 1 is 1.25 bits per heavy atom. The maximum Gasteiger partial charge on any atom is 0.295 e. The zero-order chi connectivity index (χ0) is 14.6. The average molecular weight is 274 g/mol. The third kappa shape index (κ3) is 2.42. The van der Waals surface area contributed by atoms with E-state index in [1.165, 1.54) is 4.90 Å². The van der Waals surface area contributed by atoms with Gasteiger partial charge in [-0.15, -0.1) is 0 Å². The Morgan fingerprint density at radius 3 is 2.55 bits per heavy atom. The third-order valence-corrected chi connectivity index (χ3v) is 3.72. The summed E-state index contributed by atoms with van der Waals surface area (Å²) in [5, 5.41) is 0. The summed E-state index contributed by atoms with van der Waals surface area (Å²) < 4.78 is 5.66. The van der Waals surface area contributed by atoms with Gasteiger partial charge in [0, 0.05) is 7.05 Å². The van der Waals surface area contributed by atoms with Gasteiger partial charge in [0.25, 0.3) is 11.9 Å². The molecule has 1 aliphatic heterocycles. The zero-order valence-corrected chi connectivity index (χ0v) is 12.4. The smallest absolute Gasteiger partial charge is 0.295 e. The van der Waals surface area contributed by atoms with E-state index < -0.39 is 5.54 Å². The first kappa shape index (κ1) is 14.6. The number of carbonyl (C=O) groups is 1. The van der Waals surface area contributed by atoms with Crippen LogP contribution in [-0.4, -0.2) is 30.5 Å². The molecule has 0 aromatic heterocycles. The molecule has 108 valence electrons. The van der Waals surface area contributed by atoms with Crippen LogP contribution >= 0.6 is 0 Å². The minimum Gasteiger partial charge on any atom is -0.465 e. The number of ether oxygens (including phenoxy) is 1. The summed E-state index contributed by atoms with van der Waals surface area (Å²) in [5.74, 6) is -0.0160. The van der Waals surface area contributed by atoms with Crippen molar-refractivity contribution in [3.63, 3.8) is 0 Å². The summed E-state index contributed by atoms with van der Waals surface area (Å²) >= 11 is 0. The summed E-state index contributed by atoms with van der Waals surface area (Å²) in [5.41, 5.74) is 0.103. The van der Waals surface area contributed by atoms with Crippen LogP contribution in [0.2, 0.25) is 0 Å². The molecule has 1 heterocycles. The molecule has 20 heavy (non-hydrogen) atoms. The van der Waals surface area contributed by atoms with Gasteiger partial charge in [-0.2, -0.15) is 0 Å². The van der Waals surface area contributed by atoms with Crippen LogP contribution < -0.4 is 0 Å². The molecule has 0 radical (unpaired) electrons. The Labute approximate surface area is 120 Å². The van der Waals surface area contributed by atoms with Gasteiger partial charge in [-0.25, -0.2) is 4.99 Å². The second-order valence-electron chi connectivity index (χ2n) is 5.04. The summed E-state index contributed by atoms with van der Waals surface area (Å²) in [6.07, 6.45) is 2.65. The van der Waals surface area contributed by atoms with Gasteiger partial charge >= 0.3 is 0 Å². The number of amides is 1. The number of benzene rings is 1. The highest BCUT2D eigenvalue weighted by Gasteiger charge is 2.47. The number of likely N-dealkylation sites (N-methyl/N-ethyl adjacent to an activating group) is 1. The molecule has 0 bridgehead atoms. The lowest BCUT2D eigenvalue weighted by Crippen LogP contribution is -2.38. The summed E-state index contributed by atoms with van der Waals surface area (Å²) in [6, 6.07) is 10.2. The molecule has 1 aliphatic rings. The minimum absolute atomic E-state index is 0.0160. The standard InChI is InChI=1S/C16H22N2O2/c1-4-6-12-20-15-17-16(5-2,14(19)18(15)3)13-10-8-7-9-11-13/h7-11H,4-6,12H2,1-3H3. The van der Waals surface area contributed by atoms with E-state index in [4.69, 9.17) is 4.74 Å². The number of aliphatic imine (C=N–C) groups is 1. The van der Waals surface area contributed by atoms with Crippen molar-refractivity contribution in [2.45, 2.75) is 38.6 Å². The van der Waals surface area contributed by atoms with Crippen LogP contribution in [0.5, 0.6) is 0 Å². The summed E-state index contributed by atoms with van der Waals surface area (Å²) in [6.45, 7) is 4.69.